The molecule has 29 heavy (non-hydrogen) atoms. The van der Waals surface area contributed by atoms with E-state index in [4.69, 9.17) is 4.74 Å². The molecule has 1 fully saturated rings. The van der Waals surface area contributed by atoms with Crippen molar-refractivity contribution < 1.29 is 4.74 Å². The number of rotatable bonds is 6. The molecule has 0 unspecified atom stereocenters. The van der Waals surface area contributed by atoms with Gasteiger partial charge in [0, 0.05) is 36.3 Å². The molecule has 150 valence electrons. The minimum absolute atomic E-state index is 0.645. The molecule has 2 heterocycles. The summed E-state index contributed by atoms with van der Waals surface area (Å²) in [7, 11) is 0. The number of benzene rings is 2. The molecule has 2 aromatic carbocycles. The first-order valence-corrected chi connectivity index (χ1v) is 10.8. The number of aromatic nitrogens is 1. The molecule has 0 radical (unpaired) electrons. The van der Waals surface area contributed by atoms with Crippen LogP contribution in [0.1, 0.15) is 37.4 Å². The van der Waals surface area contributed by atoms with Crippen LogP contribution in [0.3, 0.4) is 0 Å². The highest BCUT2D eigenvalue weighted by Crippen LogP contribution is 2.27. The summed E-state index contributed by atoms with van der Waals surface area (Å²) in [5.41, 5.74) is 4.97. The Morgan fingerprint density at radius 1 is 1.07 bits per heavy atom. The Balaban J connectivity index is 1.50. The molecule has 0 bridgehead atoms. The van der Waals surface area contributed by atoms with Crippen molar-refractivity contribution in [2.45, 2.75) is 39.2 Å². The molecule has 0 aliphatic carbocycles. The lowest BCUT2D eigenvalue weighted by atomic mass is 9.92. The maximum atomic E-state index is 5.51. The van der Waals surface area contributed by atoms with Gasteiger partial charge in [-0.2, -0.15) is 0 Å². The minimum Gasteiger partial charge on any atom is -0.381 e. The molecule has 1 aromatic heterocycles. The van der Waals surface area contributed by atoms with Crippen molar-refractivity contribution in [2.24, 2.45) is 5.92 Å². The Labute approximate surface area is 174 Å². The van der Waals surface area contributed by atoms with E-state index in [0.717, 1.165) is 43.5 Å². The first kappa shape index (κ1) is 19.6. The lowest BCUT2D eigenvalue weighted by Crippen LogP contribution is -2.16. The number of aryl methyl sites for hydroxylation is 2. The fourth-order valence-corrected chi connectivity index (χ4v) is 4.24. The predicted octanol–water partition coefficient (Wildman–Crippen LogP) is 5.48. The Hall–Kier alpha value is -2.70. The van der Waals surface area contributed by atoms with Crippen molar-refractivity contribution in [3.63, 3.8) is 0 Å². The summed E-state index contributed by atoms with van der Waals surface area (Å²) >= 11 is 0. The van der Waals surface area contributed by atoms with Gasteiger partial charge in [0.2, 0.25) is 0 Å². The standard InChI is InChI=1S/C26H30N2O/c1-2-28-24(11-7-17-27-23-9-4-3-5-10-23)20-25-22(8-6-12-26(25)28)14-13-21-15-18-29-19-16-21/h3-6,8-10,12,20-21,27H,2,13-19H2,1H3. The van der Waals surface area contributed by atoms with Gasteiger partial charge >= 0.3 is 0 Å². The summed E-state index contributed by atoms with van der Waals surface area (Å²) in [6.07, 6.45) is 4.80. The topological polar surface area (TPSA) is 26.2 Å². The average Bonchev–Trinajstić information content (AvgIpc) is 3.14. The Morgan fingerprint density at radius 3 is 2.69 bits per heavy atom. The molecule has 0 saturated carbocycles. The zero-order valence-corrected chi connectivity index (χ0v) is 17.3. The van der Waals surface area contributed by atoms with Crippen LogP contribution in [0.25, 0.3) is 10.9 Å². The number of fused-ring (bicyclic) bond motifs is 1. The quantitative estimate of drug-likeness (QED) is 0.568. The van der Waals surface area contributed by atoms with Gasteiger partial charge in [-0.1, -0.05) is 36.3 Å². The van der Waals surface area contributed by atoms with Gasteiger partial charge in [-0.25, -0.2) is 0 Å². The zero-order chi connectivity index (χ0) is 19.9. The minimum atomic E-state index is 0.645. The van der Waals surface area contributed by atoms with E-state index in [0.29, 0.717) is 6.54 Å². The summed E-state index contributed by atoms with van der Waals surface area (Å²) in [5.74, 6) is 7.49. The number of nitrogens with one attached hydrogen (secondary N) is 1. The van der Waals surface area contributed by atoms with Crippen LogP contribution in [-0.4, -0.2) is 24.3 Å². The monoisotopic (exact) mass is 386 g/mol. The molecular formula is C26H30N2O. The van der Waals surface area contributed by atoms with Gasteiger partial charge in [0.15, 0.2) is 0 Å². The van der Waals surface area contributed by atoms with Crippen molar-refractivity contribution in [2.75, 3.05) is 25.1 Å². The summed E-state index contributed by atoms with van der Waals surface area (Å²) in [6.45, 7) is 5.63. The molecule has 3 aromatic rings. The van der Waals surface area contributed by atoms with Crippen molar-refractivity contribution in [1.29, 1.82) is 0 Å². The van der Waals surface area contributed by atoms with E-state index in [1.807, 2.05) is 18.2 Å². The maximum absolute atomic E-state index is 5.51. The number of anilines is 1. The summed E-state index contributed by atoms with van der Waals surface area (Å²) in [6, 6.07) is 19.2. The smallest absolute Gasteiger partial charge is 0.0931 e. The largest absolute Gasteiger partial charge is 0.381 e. The summed E-state index contributed by atoms with van der Waals surface area (Å²) in [4.78, 5) is 0. The van der Waals surface area contributed by atoms with Crippen molar-refractivity contribution >= 4 is 16.6 Å². The van der Waals surface area contributed by atoms with Gasteiger partial charge in [-0.05, 0) is 74.3 Å². The van der Waals surface area contributed by atoms with E-state index in [1.54, 1.807) is 0 Å². The second-order valence-corrected chi connectivity index (χ2v) is 7.74. The third kappa shape index (κ3) is 4.83. The van der Waals surface area contributed by atoms with Gasteiger partial charge < -0.3 is 14.6 Å². The molecule has 1 aliphatic rings. The fourth-order valence-electron chi connectivity index (χ4n) is 4.24. The molecule has 1 saturated heterocycles. The van der Waals surface area contributed by atoms with Crippen LogP contribution in [0.5, 0.6) is 0 Å². The summed E-state index contributed by atoms with van der Waals surface area (Å²) < 4.78 is 7.84. The second kappa shape index (κ2) is 9.67. The zero-order valence-electron chi connectivity index (χ0n) is 17.3. The Morgan fingerprint density at radius 2 is 1.90 bits per heavy atom. The normalized spacial score (nSPS) is 14.5. The number of hydrogen-bond acceptors (Lipinski definition) is 2. The van der Waals surface area contributed by atoms with Crippen molar-refractivity contribution in [1.82, 2.24) is 4.57 Å². The van der Waals surface area contributed by atoms with Gasteiger partial charge in [0.05, 0.1) is 12.2 Å². The molecule has 1 N–H and O–H groups in total. The van der Waals surface area contributed by atoms with Gasteiger partial charge in [-0.3, -0.25) is 0 Å². The average molecular weight is 387 g/mol. The number of para-hydroxylation sites is 1. The van der Waals surface area contributed by atoms with Crippen molar-refractivity contribution in [3.05, 3.63) is 65.9 Å². The first-order chi connectivity index (χ1) is 14.3. The van der Waals surface area contributed by atoms with Crippen molar-refractivity contribution in [3.8, 4) is 11.8 Å². The lowest BCUT2D eigenvalue weighted by Gasteiger charge is -2.21. The van der Waals surface area contributed by atoms with Crippen LogP contribution in [-0.2, 0) is 17.7 Å². The third-order valence-electron chi connectivity index (χ3n) is 5.89. The van der Waals surface area contributed by atoms with E-state index in [2.05, 4.69) is 65.0 Å². The SMILES string of the molecule is CCn1c(C#CCNc2ccccc2)cc2c(CCC3CCOCC3)cccc21. The molecule has 4 rings (SSSR count). The van der Waals surface area contributed by atoms with E-state index in [1.165, 1.54) is 35.7 Å². The van der Waals surface area contributed by atoms with Gasteiger partial charge in [0.25, 0.3) is 0 Å². The van der Waals surface area contributed by atoms with Crippen LogP contribution < -0.4 is 5.32 Å². The van der Waals surface area contributed by atoms with Gasteiger partial charge in [0.1, 0.15) is 0 Å². The molecule has 3 heteroatoms. The maximum Gasteiger partial charge on any atom is 0.0931 e. The molecule has 0 amide bonds. The van der Waals surface area contributed by atoms with E-state index >= 15 is 0 Å². The predicted molar refractivity (Wildman–Crippen MR) is 121 cm³/mol. The van der Waals surface area contributed by atoms with Crippen LogP contribution >= 0.6 is 0 Å². The molecule has 0 atom stereocenters. The highest BCUT2D eigenvalue weighted by atomic mass is 16.5. The fraction of sp³-hybridized carbons (Fsp3) is 0.385. The van der Waals surface area contributed by atoms with Crippen LogP contribution in [0.15, 0.2) is 54.6 Å². The first-order valence-electron chi connectivity index (χ1n) is 10.8. The number of hydrogen-bond donors (Lipinski definition) is 1. The number of nitrogens with zero attached hydrogens (tertiary/aromatic N) is 1. The number of ether oxygens (including phenoxy) is 1. The van der Waals surface area contributed by atoms with Crippen LogP contribution in [0.4, 0.5) is 5.69 Å². The van der Waals surface area contributed by atoms with E-state index in [9.17, 15) is 0 Å². The summed E-state index contributed by atoms with van der Waals surface area (Å²) in [5, 5.41) is 4.72. The second-order valence-electron chi connectivity index (χ2n) is 7.74. The van der Waals surface area contributed by atoms with E-state index < -0.39 is 0 Å². The Kier molecular flexibility index (Phi) is 6.54. The van der Waals surface area contributed by atoms with Gasteiger partial charge in [-0.15, -0.1) is 0 Å². The third-order valence-corrected chi connectivity index (χ3v) is 5.89. The van der Waals surface area contributed by atoms with E-state index in [-0.39, 0.29) is 0 Å². The molecule has 3 nitrogen and oxygen atoms in total. The highest BCUT2D eigenvalue weighted by molar-refractivity contribution is 5.86. The Bertz CT molecular complexity index is 988. The van der Waals surface area contributed by atoms with Crippen LogP contribution in [0.2, 0.25) is 0 Å². The molecule has 1 aliphatic heterocycles. The molecule has 0 spiro atoms. The molecular weight excluding hydrogens is 356 g/mol. The van der Waals surface area contributed by atoms with Crippen LogP contribution in [0, 0.1) is 17.8 Å². The lowest BCUT2D eigenvalue weighted by molar-refractivity contribution is 0.0640. The highest BCUT2D eigenvalue weighted by Gasteiger charge is 2.15.